The molecule has 1 aromatic rings. The van der Waals surface area contributed by atoms with Crippen LogP contribution < -0.4 is 5.32 Å². The lowest BCUT2D eigenvalue weighted by Gasteiger charge is -2.39. The maximum atomic E-state index is 13.2. The molecule has 3 aliphatic heterocycles. The number of likely N-dealkylation sites (tertiary alicyclic amines) is 1. The van der Waals surface area contributed by atoms with E-state index >= 15 is 0 Å². The smallest absolute Gasteiger partial charge is 0.274 e. The Labute approximate surface area is 142 Å². The number of hydrogen-bond donors (Lipinski definition) is 2. The van der Waals surface area contributed by atoms with E-state index in [1.54, 1.807) is 0 Å². The minimum Gasteiger partial charge on any atom is -0.379 e. The van der Waals surface area contributed by atoms with E-state index in [9.17, 15) is 4.79 Å². The molecule has 0 bridgehead atoms. The van der Waals surface area contributed by atoms with E-state index in [2.05, 4.69) is 25.3 Å². The van der Waals surface area contributed by atoms with Crippen LogP contribution in [0.3, 0.4) is 0 Å². The fourth-order valence-electron chi connectivity index (χ4n) is 4.08. The minimum atomic E-state index is 0.106. The molecule has 0 spiro atoms. The van der Waals surface area contributed by atoms with Crippen molar-refractivity contribution >= 4 is 5.91 Å². The summed E-state index contributed by atoms with van der Waals surface area (Å²) < 4.78 is 5.44. The molecule has 4 rings (SSSR count). The van der Waals surface area contributed by atoms with Crippen molar-refractivity contribution < 1.29 is 9.53 Å². The van der Waals surface area contributed by atoms with E-state index in [1.807, 2.05) is 0 Å². The molecule has 7 heteroatoms. The number of nitrogens with zero attached hydrogens (tertiary/aromatic N) is 3. The van der Waals surface area contributed by atoms with Gasteiger partial charge in [0.25, 0.3) is 5.91 Å². The third-order valence-corrected chi connectivity index (χ3v) is 5.47. The number of fused-ring (bicyclic) bond motifs is 1. The number of aromatic nitrogens is 2. The third-order valence-electron chi connectivity index (χ3n) is 5.47. The van der Waals surface area contributed by atoms with Gasteiger partial charge in [-0.25, -0.2) is 0 Å². The number of H-pyrrole nitrogens is 1. The Balaban J connectivity index is 1.49. The lowest BCUT2D eigenvalue weighted by molar-refractivity contribution is 0.0164. The Morgan fingerprint density at radius 2 is 2.12 bits per heavy atom. The summed E-state index contributed by atoms with van der Waals surface area (Å²) >= 11 is 0. The van der Waals surface area contributed by atoms with E-state index in [1.165, 1.54) is 6.42 Å². The van der Waals surface area contributed by atoms with Crippen molar-refractivity contribution in [3.63, 3.8) is 0 Å². The number of piperidine rings is 1. The highest BCUT2D eigenvalue weighted by molar-refractivity contribution is 5.94. The van der Waals surface area contributed by atoms with Gasteiger partial charge in [-0.1, -0.05) is 0 Å². The van der Waals surface area contributed by atoms with Crippen molar-refractivity contribution in [3.8, 4) is 0 Å². The number of hydrogen-bond acceptors (Lipinski definition) is 5. The normalized spacial score (nSPS) is 25.5. The maximum Gasteiger partial charge on any atom is 0.274 e. The molecule has 2 fully saturated rings. The van der Waals surface area contributed by atoms with Crippen LogP contribution >= 0.6 is 0 Å². The first-order valence-electron chi connectivity index (χ1n) is 9.21. The zero-order valence-electron chi connectivity index (χ0n) is 14.2. The highest BCUT2D eigenvalue weighted by atomic mass is 16.5. The lowest BCUT2D eigenvalue weighted by atomic mass is 9.99. The topological polar surface area (TPSA) is 73.5 Å². The van der Waals surface area contributed by atoms with Gasteiger partial charge in [0.05, 0.1) is 13.2 Å². The quantitative estimate of drug-likeness (QED) is 0.837. The monoisotopic (exact) mass is 333 g/mol. The first-order valence-corrected chi connectivity index (χ1v) is 9.21. The van der Waals surface area contributed by atoms with Gasteiger partial charge >= 0.3 is 0 Å². The molecule has 3 aliphatic rings. The van der Waals surface area contributed by atoms with Crippen molar-refractivity contribution in [2.24, 2.45) is 0 Å². The van der Waals surface area contributed by atoms with Gasteiger partial charge in [0.2, 0.25) is 0 Å². The molecule has 0 aliphatic carbocycles. The Morgan fingerprint density at radius 3 is 3.00 bits per heavy atom. The predicted octanol–water partition coefficient (Wildman–Crippen LogP) is 0.382. The lowest BCUT2D eigenvalue weighted by Crippen LogP contribution is -2.51. The standard InChI is InChI=1S/C17H27N5O2/c23-17(16-14-11-18-5-4-15(14)19-20-16)22-6-2-1-3-13(22)12-21-7-9-24-10-8-21/h13,18H,1-12H2,(H,19,20). The van der Waals surface area contributed by atoms with Gasteiger partial charge in [0.1, 0.15) is 0 Å². The van der Waals surface area contributed by atoms with Gasteiger partial charge in [-0.3, -0.25) is 14.8 Å². The van der Waals surface area contributed by atoms with Crippen LogP contribution in [0.1, 0.15) is 41.0 Å². The number of morpholine rings is 1. The summed E-state index contributed by atoms with van der Waals surface area (Å²) in [5, 5.41) is 10.8. The highest BCUT2D eigenvalue weighted by Gasteiger charge is 2.32. The molecule has 1 aromatic heterocycles. The zero-order chi connectivity index (χ0) is 16.4. The SMILES string of the molecule is O=C(c1n[nH]c2c1CNCC2)N1CCCCC1CN1CCOCC1. The number of amides is 1. The summed E-state index contributed by atoms with van der Waals surface area (Å²) in [5.74, 6) is 0.106. The second kappa shape index (κ2) is 7.21. The van der Waals surface area contributed by atoms with Crippen LogP contribution in [0.5, 0.6) is 0 Å². The van der Waals surface area contributed by atoms with E-state index in [4.69, 9.17) is 4.74 Å². The minimum absolute atomic E-state index is 0.106. The molecule has 1 amide bonds. The van der Waals surface area contributed by atoms with E-state index in [0.717, 1.165) is 83.0 Å². The van der Waals surface area contributed by atoms with E-state index < -0.39 is 0 Å². The number of aromatic amines is 1. The van der Waals surface area contributed by atoms with Gasteiger partial charge in [-0.15, -0.1) is 0 Å². The molecule has 132 valence electrons. The number of carbonyl (C=O) groups excluding carboxylic acids is 1. The predicted molar refractivity (Wildman–Crippen MR) is 89.9 cm³/mol. The Bertz CT molecular complexity index is 582. The van der Waals surface area contributed by atoms with Gasteiger partial charge < -0.3 is 15.0 Å². The van der Waals surface area contributed by atoms with Crippen LogP contribution in [0.2, 0.25) is 0 Å². The van der Waals surface area contributed by atoms with E-state index in [-0.39, 0.29) is 5.91 Å². The average Bonchev–Trinajstić information content (AvgIpc) is 3.07. The maximum absolute atomic E-state index is 13.2. The van der Waals surface area contributed by atoms with Gasteiger partial charge in [-0.05, 0) is 19.3 Å². The summed E-state index contributed by atoms with van der Waals surface area (Å²) in [6, 6.07) is 0.299. The third kappa shape index (κ3) is 3.20. The van der Waals surface area contributed by atoms with Crippen LogP contribution in [-0.2, 0) is 17.7 Å². The van der Waals surface area contributed by atoms with Crippen molar-refractivity contribution in [2.45, 2.75) is 38.3 Å². The molecule has 0 radical (unpaired) electrons. The largest absolute Gasteiger partial charge is 0.379 e. The van der Waals surface area contributed by atoms with Gasteiger partial charge in [0, 0.05) is 63.0 Å². The second-order valence-electron chi connectivity index (χ2n) is 7.02. The molecule has 2 saturated heterocycles. The van der Waals surface area contributed by atoms with Gasteiger partial charge in [0.15, 0.2) is 5.69 Å². The Hall–Kier alpha value is -1.44. The zero-order valence-corrected chi connectivity index (χ0v) is 14.2. The van der Waals surface area contributed by atoms with Crippen molar-refractivity contribution in [2.75, 3.05) is 45.9 Å². The molecular formula is C17H27N5O2. The molecule has 1 atom stereocenters. The Kier molecular flexibility index (Phi) is 4.82. The molecule has 0 aromatic carbocycles. The van der Waals surface area contributed by atoms with Crippen molar-refractivity contribution in [1.29, 1.82) is 0 Å². The number of nitrogens with one attached hydrogen (secondary N) is 2. The number of rotatable bonds is 3. The first-order chi connectivity index (χ1) is 11.8. The number of carbonyl (C=O) groups is 1. The molecule has 24 heavy (non-hydrogen) atoms. The molecule has 4 heterocycles. The summed E-state index contributed by atoms with van der Waals surface area (Å²) in [6.45, 7) is 7.06. The summed E-state index contributed by atoms with van der Waals surface area (Å²) in [7, 11) is 0. The van der Waals surface area contributed by atoms with E-state index in [0.29, 0.717) is 11.7 Å². The number of ether oxygens (including phenoxy) is 1. The Morgan fingerprint density at radius 1 is 1.25 bits per heavy atom. The van der Waals surface area contributed by atoms with Crippen molar-refractivity contribution in [3.05, 3.63) is 17.0 Å². The summed E-state index contributed by atoms with van der Waals surface area (Å²) in [5.41, 5.74) is 2.83. The van der Waals surface area contributed by atoms with Crippen LogP contribution in [0.15, 0.2) is 0 Å². The molecule has 7 nitrogen and oxygen atoms in total. The van der Waals surface area contributed by atoms with Crippen LogP contribution in [0.4, 0.5) is 0 Å². The second-order valence-corrected chi connectivity index (χ2v) is 7.02. The molecule has 1 unspecified atom stereocenters. The summed E-state index contributed by atoms with van der Waals surface area (Å²) in [4.78, 5) is 17.7. The summed E-state index contributed by atoms with van der Waals surface area (Å²) in [6.07, 6.45) is 4.32. The van der Waals surface area contributed by atoms with Gasteiger partial charge in [-0.2, -0.15) is 5.10 Å². The molecule has 0 saturated carbocycles. The first kappa shape index (κ1) is 16.1. The fourth-order valence-corrected chi connectivity index (χ4v) is 4.08. The molecule has 2 N–H and O–H groups in total. The van der Waals surface area contributed by atoms with Crippen LogP contribution in [-0.4, -0.2) is 77.9 Å². The fraction of sp³-hybridized carbons (Fsp3) is 0.765. The highest BCUT2D eigenvalue weighted by Crippen LogP contribution is 2.23. The van der Waals surface area contributed by atoms with Crippen LogP contribution in [0.25, 0.3) is 0 Å². The van der Waals surface area contributed by atoms with Crippen molar-refractivity contribution in [1.82, 2.24) is 25.3 Å². The van der Waals surface area contributed by atoms with Crippen LogP contribution in [0, 0.1) is 0 Å². The average molecular weight is 333 g/mol. The molecular weight excluding hydrogens is 306 g/mol.